The number of carbonyl (C=O) groups excluding carboxylic acids is 2. The van der Waals surface area contributed by atoms with Gasteiger partial charge in [-0.3, -0.25) is 4.79 Å². The lowest BCUT2D eigenvalue weighted by atomic mass is 10.0. The zero-order valence-corrected chi connectivity index (χ0v) is 28.1. The molecule has 2 N–H and O–H groups in total. The van der Waals surface area contributed by atoms with Crippen molar-refractivity contribution in [3.8, 4) is 5.75 Å². The summed E-state index contributed by atoms with van der Waals surface area (Å²) in [5.41, 5.74) is 2.23. The average Bonchev–Trinajstić information content (AvgIpc) is 3.33. The molecule has 0 atom stereocenters. The number of likely N-dealkylation sites (tertiary alicyclic amines) is 1. The highest BCUT2D eigenvalue weighted by Gasteiger charge is 2.36. The maximum atomic E-state index is 13.7. The van der Waals surface area contributed by atoms with Crippen LogP contribution in [-0.4, -0.2) is 77.3 Å². The fraction of sp³-hybridized carbons (Fsp3) is 0.438. The number of ether oxygens (including phenoxy) is 2. The second-order valence-electron chi connectivity index (χ2n) is 11.8. The molecular formula is C32H39ClN6O6S. The van der Waals surface area contributed by atoms with Crippen molar-refractivity contribution in [2.75, 3.05) is 30.3 Å². The van der Waals surface area contributed by atoms with Gasteiger partial charge in [0.15, 0.2) is 15.7 Å². The molecule has 5 rings (SSSR count). The third-order valence-electron chi connectivity index (χ3n) is 7.89. The van der Waals surface area contributed by atoms with Gasteiger partial charge >= 0.3 is 6.09 Å². The van der Waals surface area contributed by atoms with Crippen molar-refractivity contribution in [3.05, 3.63) is 58.7 Å². The number of nitrogens with one attached hydrogen (secondary N) is 2. The highest BCUT2D eigenvalue weighted by atomic mass is 35.5. The summed E-state index contributed by atoms with van der Waals surface area (Å²) in [5, 5.41) is 5.80. The molecule has 3 heterocycles. The Labute approximate surface area is 274 Å². The van der Waals surface area contributed by atoms with Crippen LogP contribution in [0.1, 0.15) is 63.4 Å². The predicted molar refractivity (Wildman–Crippen MR) is 176 cm³/mol. The van der Waals surface area contributed by atoms with Gasteiger partial charge in [0, 0.05) is 31.2 Å². The van der Waals surface area contributed by atoms with Gasteiger partial charge in [-0.25, -0.2) is 18.2 Å². The molecule has 0 aliphatic carbocycles. The summed E-state index contributed by atoms with van der Waals surface area (Å²) in [5.74, 6) is 0.806. The van der Waals surface area contributed by atoms with Gasteiger partial charge in [-0.15, -0.1) is 0 Å². The van der Waals surface area contributed by atoms with Crippen molar-refractivity contribution in [3.63, 3.8) is 0 Å². The van der Waals surface area contributed by atoms with E-state index in [0.29, 0.717) is 61.8 Å². The number of anilines is 4. The Morgan fingerprint density at radius 1 is 1.09 bits per heavy atom. The third-order valence-corrected chi connectivity index (χ3v) is 10.4. The molecule has 2 aromatic carbocycles. The van der Waals surface area contributed by atoms with Crippen molar-refractivity contribution in [2.24, 2.45) is 0 Å². The van der Waals surface area contributed by atoms with Gasteiger partial charge < -0.3 is 29.9 Å². The Balaban J connectivity index is 1.39. The van der Waals surface area contributed by atoms with Crippen LogP contribution in [0.3, 0.4) is 0 Å². The number of hydrogen-bond acceptors (Lipinski definition) is 10. The van der Waals surface area contributed by atoms with E-state index in [1.165, 1.54) is 12.3 Å². The van der Waals surface area contributed by atoms with E-state index in [0.717, 1.165) is 5.56 Å². The van der Waals surface area contributed by atoms with Gasteiger partial charge in [0.05, 0.1) is 40.4 Å². The van der Waals surface area contributed by atoms with Gasteiger partial charge in [0.25, 0.3) is 5.91 Å². The van der Waals surface area contributed by atoms with Crippen molar-refractivity contribution < 1.29 is 27.5 Å². The molecule has 14 heteroatoms. The second kappa shape index (κ2) is 13.7. The number of hydrogen-bond donors (Lipinski definition) is 2. The van der Waals surface area contributed by atoms with Crippen LogP contribution >= 0.6 is 11.6 Å². The van der Waals surface area contributed by atoms with E-state index in [2.05, 4.69) is 20.6 Å². The smallest absolute Gasteiger partial charge is 0.409 e. The normalized spacial score (nSPS) is 15.3. The first-order valence-corrected chi connectivity index (χ1v) is 17.3. The third kappa shape index (κ3) is 7.00. The van der Waals surface area contributed by atoms with Crippen LogP contribution in [0, 0.1) is 0 Å². The van der Waals surface area contributed by atoms with E-state index in [9.17, 15) is 18.0 Å². The van der Waals surface area contributed by atoms with E-state index in [1.54, 1.807) is 49.9 Å². The molecule has 2 aliphatic heterocycles. The number of benzene rings is 2. The Bertz CT molecular complexity index is 1730. The lowest BCUT2D eigenvalue weighted by molar-refractivity contribution is 0.0558. The first-order chi connectivity index (χ1) is 21.9. The summed E-state index contributed by atoms with van der Waals surface area (Å²) in [6.07, 6.45) is 2.26. The highest BCUT2D eigenvalue weighted by Crippen LogP contribution is 2.38. The fourth-order valence-corrected chi connectivity index (χ4v) is 6.86. The zero-order chi connectivity index (χ0) is 33.2. The number of carbonyl (C=O) groups is 2. The summed E-state index contributed by atoms with van der Waals surface area (Å²) in [7, 11) is -3.59. The molecule has 0 spiro atoms. The first kappa shape index (κ1) is 33.3. The molecule has 1 fully saturated rings. The molecular weight excluding hydrogens is 632 g/mol. The number of aromatic nitrogens is 2. The fourth-order valence-electron chi connectivity index (χ4n) is 5.52. The van der Waals surface area contributed by atoms with E-state index < -0.39 is 15.1 Å². The average molecular weight is 671 g/mol. The van der Waals surface area contributed by atoms with Crippen LogP contribution in [0.2, 0.25) is 5.02 Å². The van der Waals surface area contributed by atoms with Crippen molar-refractivity contribution >= 4 is 56.6 Å². The number of piperidine rings is 1. The van der Waals surface area contributed by atoms with Gasteiger partial charge in [0.1, 0.15) is 10.8 Å². The second-order valence-corrected chi connectivity index (χ2v) is 14.6. The number of fused-ring (bicyclic) bond motifs is 1. The van der Waals surface area contributed by atoms with Crippen LogP contribution in [0.4, 0.5) is 27.9 Å². The van der Waals surface area contributed by atoms with E-state index in [1.807, 2.05) is 24.8 Å². The number of nitrogens with zero attached hydrogens (tertiary/aromatic N) is 4. The van der Waals surface area contributed by atoms with Crippen LogP contribution < -0.4 is 15.4 Å². The molecule has 2 amide bonds. The Hall–Kier alpha value is -4.10. The molecule has 12 nitrogen and oxygen atoms in total. The molecule has 46 heavy (non-hydrogen) atoms. The molecule has 1 saturated heterocycles. The summed E-state index contributed by atoms with van der Waals surface area (Å²) in [4.78, 5) is 38.3. The monoisotopic (exact) mass is 670 g/mol. The molecule has 0 unspecified atom stereocenters. The predicted octanol–water partition coefficient (Wildman–Crippen LogP) is 6.16. The van der Waals surface area contributed by atoms with Crippen molar-refractivity contribution in [1.82, 2.24) is 19.8 Å². The largest absolute Gasteiger partial charge is 0.489 e. The molecule has 1 aromatic heterocycles. The van der Waals surface area contributed by atoms with Crippen molar-refractivity contribution in [2.45, 2.75) is 76.3 Å². The Kier molecular flexibility index (Phi) is 9.92. The van der Waals surface area contributed by atoms with Gasteiger partial charge in [0.2, 0.25) is 5.95 Å². The van der Waals surface area contributed by atoms with Crippen LogP contribution in [0.5, 0.6) is 5.75 Å². The summed E-state index contributed by atoms with van der Waals surface area (Å²) in [6, 6.07) is 10.2. The van der Waals surface area contributed by atoms with Gasteiger partial charge in [-0.2, -0.15) is 4.98 Å². The number of amides is 2. The number of para-hydroxylation sites is 1. The van der Waals surface area contributed by atoms with Crippen LogP contribution in [0.25, 0.3) is 0 Å². The first-order valence-electron chi connectivity index (χ1n) is 15.3. The van der Waals surface area contributed by atoms with E-state index in [-0.39, 0.29) is 45.8 Å². The minimum Gasteiger partial charge on any atom is -0.489 e. The lowest BCUT2D eigenvalue weighted by Crippen LogP contribution is -2.47. The van der Waals surface area contributed by atoms with Gasteiger partial charge in [-0.1, -0.05) is 23.7 Å². The maximum absolute atomic E-state index is 13.7. The van der Waals surface area contributed by atoms with Crippen LogP contribution in [-0.2, 0) is 21.1 Å². The number of sulfone groups is 1. The standard InChI is InChI=1S/C32H39ClN6O6S/c1-6-44-32(41)38-13-11-22(12-14-38)39-18-21-15-27(45-19(2)3)26(16-23(21)30(39)40)36-31-34-17-24(33)29(37-31)35-25-9-7-8-10-28(25)46(42,43)20(4)5/h7-10,15-17,19-20,22H,6,11-14,18H2,1-5H3,(H2,34,35,36,37). The summed E-state index contributed by atoms with van der Waals surface area (Å²) >= 11 is 6.44. The van der Waals surface area contributed by atoms with Gasteiger partial charge in [-0.05, 0) is 77.3 Å². The summed E-state index contributed by atoms with van der Waals surface area (Å²) in [6.45, 7) is 10.7. The molecule has 246 valence electrons. The lowest BCUT2D eigenvalue weighted by Gasteiger charge is -2.36. The van der Waals surface area contributed by atoms with E-state index in [4.69, 9.17) is 21.1 Å². The quantitative estimate of drug-likeness (QED) is 0.257. The molecule has 2 aliphatic rings. The molecule has 0 bridgehead atoms. The SMILES string of the molecule is CCOC(=O)N1CCC(N2Cc3cc(OC(C)C)c(Nc4ncc(Cl)c(Nc5ccccc5S(=O)(=O)C(C)C)n4)cc3C2=O)CC1. The minimum atomic E-state index is -3.59. The van der Waals surface area contributed by atoms with E-state index >= 15 is 0 Å². The Morgan fingerprint density at radius 2 is 1.80 bits per heavy atom. The maximum Gasteiger partial charge on any atom is 0.409 e. The van der Waals surface area contributed by atoms with Crippen LogP contribution in [0.15, 0.2) is 47.5 Å². The minimum absolute atomic E-state index is 0.00734. The molecule has 0 saturated carbocycles. The van der Waals surface area contributed by atoms with Crippen molar-refractivity contribution in [1.29, 1.82) is 0 Å². The highest BCUT2D eigenvalue weighted by molar-refractivity contribution is 7.92. The molecule has 3 aromatic rings. The Morgan fingerprint density at radius 3 is 2.48 bits per heavy atom. The number of rotatable bonds is 10. The zero-order valence-electron chi connectivity index (χ0n) is 26.5. The topological polar surface area (TPSA) is 143 Å². The number of halogens is 1. The summed E-state index contributed by atoms with van der Waals surface area (Å²) < 4.78 is 37.2. The molecule has 0 radical (unpaired) electrons.